The van der Waals surface area contributed by atoms with E-state index in [1.54, 1.807) is 39.5 Å². The van der Waals surface area contributed by atoms with E-state index in [-0.39, 0.29) is 18.3 Å². The molecule has 0 bridgehead atoms. The van der Waals surface area contributed by atoms with Crippen LogP contribution in [0.4, 0.5) is 5.69 Å². The van der Waals surface area contributed by atoms with Gasteiger partial charge in [0.1, 0.15) is 11.5 Å². The van der Waals surface area contributed by atoms with Crippen molar-refractivity contribution in [2.45, 2.75) is 6.42 Å². The van der Waals surface area contributed by atoms with Crippen LogP contribution in [0.2, 0.25) is 0 Å². The van der Waals surface area contributed by atoms with Crippen molar-refractivity contribution in [3.63, 3.8) is 0 Å². The molecular formula is C12H19ClN2O3. The standard InChI is InChI=1S/C12H18N2O3.ClH/c1-13-7-6-12(15)14-10-5-4-9(16-2)8-11(10)17-3;/h4-5,8,13H,6-7H2,1-3H3,(H,14,15);1H. The van der Waals surface area contributed by atoms with Gasteiger partial charge in [-0.15, -0.1) is 12.4 Å². The molecule has 5 nitrogen and oxygen atoms in total. The molecule has 0 saturated carbocycles. The Hall–Kier alpha value is -1.46. The normalized spacial score (nSPS) is 9.28. The van der Waals surface area contributed by atoms with E-state index in [1.807, 2.05) is 0 Å². The average Bonchev–Trinajstić information content (AvgIpc) is 2.36. The fraction of sp³-hybridized carbons (Fsp3) is 0.417. The van der Waals surface area contributed by atoms with Crippen molar-refractivity contribution in [3.05, 3.63) is 18.2 Å². The van der Waals surface area contributed by atoms with Crippen LogP contribution in [0.15, 0.2) is 18.2 Å². The molecule has 1 aromatic rings. The molecule has 1 aromatic carbocycles. The van der Waals surface area contributed by atoms with Crippen LogP contribution in [-0.4, -0.2) is 33.7 Å². The van der Waals surface area contributed by atoms with Gasteiger partial charge >= 0.3 is 0 Å². The number of methoxy groups -OCH3 is 2. The summed E-state index contributed by atoms with van der Waals surface area (Å²) in [7, 11) is 4.94. The monoisotopic (exact) mass is 274 g/mol. The molecule has 0 aliphatic rings. The van der Waals surface area contributed by atoms with Crippen LogP contribution in [-0.2, 0) is 4.79 Å². The smallest absolute Gasteiger partial charge is 0.225 e. The summed E-state index contributed by atoms with van der Waals surface area (Å²) in [5.74, 6) is 1.22. The number of benzene rings is 1. The maximum absolute atomic E-state index is 11.6. The largest absolute Gasteiger partial charge is 0.497 e. The summed E-state index contributed by atoms with van der Waals surface area (Å²) in [5, 5.41) is 5.71. The van der Waals surface area contributed by atoms with Crippen molar-refractivity contribution < 1.29 is 14.3 Å². The summed E-state index contributed by atoms with van der Waals surface area (Å²) < 4.78 is 10.3. The third-order valence-electron chi connectivity index (χ3n) is 2.28. The molecule has 0 radical (unpaired) electrons. The zero-order chi connectivity index (χ0) is 12.7. The average molecular weight is 275 g/mol. The lowest BCUT2D eigenvalue weighted by Gasteiger charge is -2.11. The van der Waals surface area contributed by atoms with E-state index < -0.39 is 0 Å². The van der Waals surface area contributed by atoms with Crippen LogP contribution in [0.25, 0.3) is 0 Å². The van der Waals surface area contributed by atoms with Crippen molar-refractivity contribution in [1.29, 1.82) is 0 Å². The predicted molar refractivity (Wildman–Crippen MR) is 74.0 cm³/mol. The van der Waals surface area contributed by atoms with Crippen molar-refractivity contribution in [2.75, 3.05) is 33.1 Å². The van der Waals surface area contributed by atoms with Gasteiger partial charge in [-0.3, -0.25) is 4.79 Å². The molecule has 0 fully saturated rings. The van der Waals surface area contributed by atoms with E-state index in [2.05, 4.69) is 10.6 Å². The minimum absolute atomic E-state index is 0. The van der Waals surface area contributed by atoms with E-state index in [1.165, 1.54) is 0 Å². The summed E-state index contributed by atoms with van der Waals surface area (Å²) in [6.07, 6.45) is 0.422. The molecule has 6 heteroatoms. The third-order valence-corrected chi connectivity index (χ3v) is 2.28. The molecule has 0 heterocycles. The van der Waals surface area contributed by atoms with Crippen LogP contribution in [0.5, 0.6) is 11.5 Å². The maximum Gasteiger partial charge on any atom is 0.225 e. The second kappa shape index (κ2) is 8.60. The molecule has 0 aliphatic heterocycles. The van der Waals surface area contributed by atoms with E-state index in [4.69, 9.17) is 9.47 Å². The third kappa shape index (κ3) is 4.81. The van der Waals surface area contributed by atoms with E-state index in [9.17, 15) is 4.79 Å². The summed E-state index contributed by atoms with van der Waals surface area (Å²) in [6, 6.07) is 5.26. The van der Waals surface area contributed by atoms with Crippen LogP contribution in [0, 0.1) is 0 Å². The summed E-state index contributed by atoms with van der Waals surface area (Å²) in [4.78, 5) is 11.6. The summed E-state index contributed by atoms with van der Waals surface area (Å²) in [5.41, 5.74) is 0.648. The first-order valence-corrected chi connectivity index (χ1v) is 5.37. The first-order chi connectivity index (χ1) is 8.21. The summed E-state index contributed by atoms with van der Waals surface area (Å²) >= 11 is 0. The van der Waals surface area contributed by atoms with Gasteiger partial charge in [-0.2, -0.15) is 0 Å². The Kier molecular flexibility index (Phi) is 7.91. The number of hydrogen-bond acceptors (Lipinski definition) is 4. The molecule has 18 heavy (non-hydrogen) atoms. The van der Waals surface area contributed by atoms with Crippen molar-refractivity contribution in [2.24, 2.45) is 0 Å². The number of anilines is 1. The maximum atomic E-state index is 11.6. The second-order valence-corrected chi connectivity index (χ2v) is 3.47. The Morgan fingerprint density at radius 1 is 1.28 bits per heavy atom. The van der Waals surface area contributed by atoms with Crippen LogP contribution in [0.1, 0.15) is 6.42 Å². The highest BCUT2D eigenvalue weighted by Crippen LogP contribution is 2.28. The molecule has 1 rings (SSSR count). The van der Waals surface area contributed by atoms with Gasteiger partial charge < -0.3 is 20.1 Å². The Morgan fingerprint density at radius 3 is 2.56 bits per heavy atom. The van der Waals surface area contributed by atoms with Gasteiger partial charge in [0.2, 0.25) is 5.91 Å². The number of carbonyl (C=O) groups is 1. The molecular weight excluding hydrogens is 256 g/mol. The van der Waals surface area contributed by atoms with Gasteiger partial charge in [0, 0.05) is 19.0 Å². The van der Waals surface area contributed by atoms with Gasteiger partial charge in [-0.05, 0) is 19.2 Å². The van der Waals surface area contributed by atoms with Crippen LogP contribution in [0.3, 0.4) is 0 Å². The zero-order valence-electron chi connectivity index (χ0n) is 10.8. The van der Waals surface area contributed by atoms with Crippen molar-refractivity contribution in [1.82, 2.24) is 5.32 Å². The first-order valence-electron chi connectivity index (χ1n) is 5.37. The minimum Gasteiger partial charge on any atom is -0.497 e. The van der Waals surface area contributed by atoms with Gasteiger partial charge in [-0.25, -0.2) is 0 Å². The molecule has 0 aliphatic carbocycles. The number of amides is 1. The Morgan fingerprint density at radius 2 is 2.00 bits per heavy atom. The van der Waals surface area contributed by atoms with Crippen molar-refractivity contribution >= 4 is 24.0 Å². The molecule has 102 valence electrons. The highest BCUT2D eigenvalue weighted by molar-refractivity contribution is 5.92. The highest BCUT2D eigenvalue weighted by Gasteiger charge is 2.08. The summed E-state index contributed by atoms with van der Waals surface area (Å²) in [6.45, 7) is 0.643. The SMILES string of the molecule is CNCCC(=O)Nc1ccc(OC)cc1OC.Cl. The van der Waals surface area contributed by atoms with Gasteiger partial charge in [0.25, 0.3) is 0 Å². The molecule has 2 N–H and O–H groups in total. The van der Waals surface area contributed by atoms with E-state index >= 15 is 0 Å². The Labute approximate surface area is 113 Å². The number of nitrogens with one attached hydrogen (secondary N) is 2. The molecule has 0 atom stereocenters. The lowest BCUT2D eigenvalue weighted by molar-refractivity contribution is -0.116. The Balaban J connectivity index is 0.00000289. The fourth-order valence-electron chi connectivity index (χ4n) is 1.35. The zero-order valence-corrected chi connectivity index (χ0v) is 11.6. The molecule has 1 amide bonds. The van der Waals surface area contributed by atoms with E-state index in [0.717, 1.165) is 0 Å². The quantitative estimate of drug-likeness (QED) is 0.829. The van der Waals surface area contributed by atoms with E-state index in [0.29, 0.717) is 30.2 Å². The first kappa shape index (κ1) is 16.5. The molecule has 0 aromatic heterocycles. The van der Waals surface area contributed by atoms with Crippen LogP contribution < -0.4 is 20.1 Å². The molecule has 0 saturated heterocycles. The topological polar surface area (TPSA) is 59.6 Å². The van der Waals surface area contributed by atoms with Crippen molar-refractivity contribution in [3.8, 4) is 11.5 Å². The fourth-order valence-corrected chi connectivity index (χ4v) is 1.35. The van der Waals surface area contributed by atoms with Gasteiger partial charge in [0.05, 0.1) is 19.9 Å². The lowest BCUT2D eigenvalue weighted by Crippen LogP contribution is -2.19. The Bertz CT molecular complexity index is 386. The predicted octanol–water partition coefficient (Wildman–Crippen LogP) is 1.67. The lowest BCUT2D eigenvalue weighted by atomic mass is 10.2. The van der Waals surface area contributed by atoms with Gasteiger partial charge in [-0.1, -0.05) is 0 Å². The second-order valence-electron chi connectivity index (χ2n) is 3.47. The van der Waals surface area contributed by atoms with Crippen LogP contribution >= 0.6 is 12.4 Å². The number of ether oxygens (including phenoxy) is 2. The number of rotatable bonds is 6. The highest BCUT2D eigenvalue weighted by atomic mass is 35.5. The molecule has 0 spiro atoms. The number of carbonyl (C=O) groups excluding carboxylic acids is 1. The number of halogens is 1. The van der Waals surface area contributed by atoms with Gasteiger partial charge in [0.15, 0.2) is 0 Å². The molecule has 0 unspecified atom stereocenters. The number of hydrogen-bond donors (Lipinski definition) is 2. The minimum atomic E-state index is -0.0529.